The minimum Gasteiger partial charge on any atom is -0.371 e. The second-order valence-electron chi connectivity index (χ2n) is 4.26. The van der Waals surface area contributed by atoms with Gasteiger partial charge in [0.1, 0.15) is 11.9 Å². The SMILES string of the molecule is CCN(CC1CC1)c1ccc(C#N)c(F)c1. The van der Waals surface area contributed by atoms with Gasteiger partial charge in [-0.25, -0.2) is 4.39 Å². The highest BCUT2D eigenvalue weighted by atomic mass is 19.1. The Labute approximate surface area is 95.3 Å². The lowest BCUT2D eigenvalue weighted by Gasteiger charge is -2.23. The molecule has 0 heterocycles. The maximum absolute atomic E-state index is 13.5. The molecule has 1 aliphatic carbocycles. The molecule has 0 N–H and O–H groups in total. The third kappa shape index (κ3) is 2.33. The van der Waals surface area contributed by atoms with Crippen LogP contribution >= 0.6 is 0 Å². The van der Waals surface area contributed by atoms with Crippen molar-refractivity contribution < 1.29 is 4.39 Å². The smallest absolute Gasteiger partial charge is 0.143 e. The van der Waals surface area contributed by atoms with Crippen molar-refractivity contribution in [3.8, 4) is 6.07 Å². The molecular weight excluding hydrogens is 203 g/mol. The fourth-order valence-electron chi connectivity index (χ4n) is 1.82. The van der Waals surface area contributed by atoms with Gasteiger partial charge in [0.15, 0.2) is 0 Å². The standard InChI is InChI=1S/C13H15FN2/c1-2-16(9-10-3-4-10)12-6-5-11(8-15)13(14)7-12/h5-7,10H,2-4,9H2,1H3. The molecule has 1 saturated carbocycles. The van der Waals surface area contributed by atoms with E-state index in [9.17, 15) is 4.39 Å². The second-order valence-corrected chi connectivity index (χ2v) is 4.26. The molecule has 0 unspecified atom stereocenters. The van der Waals surface area contributed by atoms with Crippen LogP contribution in [0.15, 0.2) is 18.2 Å². The highest BCUT2D eigenvalue weighted by Crippen LogP contribution is 2.31. The summed E-state index contributed by atoms with van der Waals surface area (Å²) >= 11 is 0. The number of hydrogen-bond donors (Lipinski definition) is 0. The van der Waals surface area contributed by atoms with Crippen molar-refractivity contribution in [1.82, 2.24) is 0 Å². The third-order valence-corrected chi connectivity index (χ3v) is 3.00. The van der Waals surface area contributed by atoms with Gasteiger partial charge >= 0.3 is 0 Å². The second kappa shape index (κ2) is 4.52. The first-order chi connectivity index (χ1) is 7.74. The van der Waals surface area contributed by atoms with Crippen molar-refractivity contribution in [3.05, 3.63) is 29.6 Å². The normalized spacial score (nSPS) is 14.6. The lowest BCUT2D eigenvalue weighted by molar-refractivity contribution is 0.622. The predicted octanol–water partition coefficient (Wildman–Crippen LogP) is 2.93. The van der Waals surface area contributed by atoms with Crippen molar-refractivity contribution in [2.24, 2.45) is 5.92 Å². The number of rotatable bonds is 4. The molecule has 1 aliphatic rings. The molecule has 2 rings (SSSR count). The minimum atomic E-state index is -0.422. The number of nitrogens with zero attached hydrogens (tertiary/aromatic N) is 2. The molecule has 0 bridgehead atoms. The van der Waals surface area contributed by atoms with Gasteiger partial charge in [0.25, 0.3) is 0 Å². The number of nitriles is 1. The number of hydrogen-bond acceptors (Lipinski definition) is 2. The van der Waals surface area contributed by atoms with E-state index in [1.807, 2.05) is 12.1 Å². The Bertz CT molecular complexity index is 418. The van der Waals surface area contributed by atoms with Gasteiger partial charge in [0.05, 0.1) is 5.56 Å². The molecule has 16 heavy (non-hydrogen) atoms. The van der Waals surface area contributed by atoms with Gasteiger partial charge < -0.3 is 4.90 Å². The van der Waals surface area contributed by atoms with Crippen molar-refractivity contribution in [1.29, 1.82) is 5.26 Å². The quantitative estimate of drug-likeness (QED) is 0.777. The lowest BCUT2D eigenvalue weighted by atomic mass is 10.2. The van der Waals surface area contributed by atoms with Crippen molar-refractivity contribution in [3.63, 3.8) is 0 Å². The molecular formula is C13H15FN2. The first-order valence-corrected chi connectivity index (χ1v) is 5.69. The van der Waals surface area contributed by atoms with E-state index >= 15 is 0 Å². The molecule has 2 nitrogen and oxygen atoms in total. The van der Waals surface area contributed by atoms with Gasteiger partial charge in [0.2, 0.25) is 0 Å². The molecule has 0 radical (unpaired) electrons. The topological polar surface area (TPSA) is 27.0 Å². The summed E-state index contributed by atoms with van der Waals surface area (Å²) in [6.45, 7) is 3.95. The lowest BCUT2D eigenvalue weighted by Crippen LogP contribution is -2.25. The van der Waals surface area contributed by atoms with E-state index in [1.165, 1.54) is 18.9 Å². The molecule has 0 saturated heterocycles. The average molecular weight is 218 g/mol. The Morgan fingerprint density at radius 1 is 1.50 bits per heavy atom. The van der Waals surface area contributed by atoms with Crippen LogP contribution in [0.25, 0.3) is 0 Å². The van der Waals surface area contributed by atoms with E-state index in [1.54, 1.807) is 6.07 Å². The summed E-state index contributed by atoms with van der Waals surface area (Å²) in [6, 6.07) is 6.68. The minimum absolute atomic E-state index is 0.117. The van der Waals surface area contributed by atoms with Crippen LogP contribution in [0.4, 0.5) is 10.1 Å². The van der Waals surface area contributed by atoms with Crippen LogP contribution in [-0.4, -0.2) is 13.1 Å². The van der Waals surface area contributed by atoms with Crippen LogP contribution in [0.1, 0.15) is 25.3 Å². The number of anilines is 1. The highest BCUT2D eigenvalue weighted by Gasteiger charge is 2.24. The van der Waals surface area contributed by atoms with Gasteiger partial charge in [-0.15, -0.1) is 0 Å². The van der Waals surface area contributed by atoms with Gasteiger partial charge in [-0.2, -0.15) is 5.26 Å². The largest absolute Gasteiger partial charge is 0.371 e. The zero-order valence-corrected chi connectivity index (χ0v) is 9.41. The maximum Gasteiger partial charge on any atom is 0.143 e. The van der Waals surface area contributed by atoms with E-state index in [0.717, 1.165) is 24.7 Å². The summed E-state index contributed by atoms with van der Waals surface area (Å²) in [4.78, 5) is 2.17. The summed E-state index contributed by atoms with van der Waals surface area (Å²) in [7, 11) is 0. The Morgan fingerprint density at radius 3 is 2.75 bits per heavy atom. The Balaban J connectivity index is 2.17. The van der Waals surface area contributed by atoms with Crippen LogP contribution in [0.3, 0.4) is 0 Å². The highest BCUT2D eigenvalue weighted by molar-refractivity contribution is 5.50. The monoisotopic (exact) mass is 218 g/mol. The molecule has 0 aromatic heterocycles. The number of halogens is 1. The first-order valence-electron chi connectivity index (χ1n) is 5.69. The predicted molar refractivity (Wildman–Crippen MR) is 61.7 cm³/mol. The molecule has 84 valence electrons. The third-order valence-electron chi connectivity index (χ3n) is 3.00. The van der Waals surface area contributed by atoms with E-state index in [2.05, 4.69) is 11.8 Å². The van der Waals surface area contributed by atoms with Crippen LogP contribution in [-0.2, 0) is 0 Å². The van der Waals surface area contributed by atoms with Crippen molar-refractivity contribution in [2.45, 2.75) is 19.8 Å². The van der Waals surface area contributed by atoms with Crippen LogP contribution in [0, 0.1) is 23.1 Å². The summed E-state index contributed by atoms with van der Waals surface area (Å²) in [5.74, 6) is 0.355. The molecule has 1 fully saturated rings. The van der Waals surface area contributed by atoms with Gasteiger partial charge in [-0.3, -0.25) is 0 Å². The first kappa shape index (κ1) is 10.9. The zero-order chi connectivity index (χ0) is 11.5. The van der Waals surface area contributed by atoms with Crippen LogP contribution in [0.5, 0.6) is 0 Å². The molecule has 0 amide bonds. The van der Waals surface area contributed by atoms with Crippen LogP contribution in [0.2, 0.25) is 0 Å². The molecule has 1 aromatic rings. The van der Waals surface area contributed by atoms with E-state index < -0.39 is 5.82 Å². The fourth-order valence-corrected chi connectivity index (χ4v) is 1.82. The molecule has 0 atom stereocenters. The van der Waals surface area contributed by atoms with Crippen LogP contribution < -0.4 is 4.90 Å². The summed E-state index contributed by atoms with van der Waals surface area (Å²) in [5, 5.41) is 8.66. The van der Waals surface area contributed by atoms with Gasteiger partial charge in [-0.05, 0) is 43.9 Å². The Hall–Kier alpha value is -1.56. The van der Waals surface area contributed by atoms with Crippen molar-refractivity contribution in [2.75, 3.05) is 18.0 Å². The molecule has 0 aliphatic heterocycles. The Kier molecular flexibility index (Phi) is 3.09. The van der Waals surface area contributed by atoms with E-state index in [4.69, 9.17) is 5.26 Å². The maximum atomic E-state index is 13.5. The van der Waals surface area contributed by atoms with Gasteiger partial charge in [0, 0.05) is 18.8 Å². The Morgan fingerprint density at radius 2 is 2.25 bits per heavy atom. The summed E-state index contributed by atoms with van der Waals surface area (Å²) in [5.41, 5.74) is 0.997. The molecule has 0 spiro atoms. The van der Waals surface area contributed by atoms with Crippen molar-refractivity contribution >= 4 is 5.69 Å². The van der Waals surface area contributed by atoms with E-state index in [0.29, 0.717) is 0 Å². The zero-order valence-electron chi connectivity index (χ0n) is 9.41. The van der Waals surface area contributed by atoms with Gasteiger partial charge in [-0.1, -0.05) is 0 Å². The molecule has 1 aromatic carbocycles. The number of benzene rings is 1. The van der Waals surface area contributed by atoms with E-state index in [-0.39, 0.29) is 5.56 Å². The summed E-state index contributed by atoms with van der Waals surface area (Å²) < 4.78 is 13.5. The average Bonchev–Trinajstić information content (AvgIpc) is 3.09. The molecule has 3 heteroatoms. The fraction of sp³-hybridized carbons (Fsp3) is 0.462. The summed E-state index contributed by atoms with van der Waals surface area (Å²) in [6.07, 6.45) is 2.57.